The Morgan fingerprint density at radius 2 is 2.12 bits per heavy atom. The highest BCUT2D eigenvalue weighted by Gasteiger charge is 2.14. The van der Waals surface area contributed by atoms with Crippen molar-refractivity contribution in [3.63, 3.8) is 0 Å². The third-order valence-corrected chi connectivity index (χ3v) is 2.65. The van der Waals surface area contributed by atoms with Crippen molar-refractivity contribution in [1.29, 1.82) is 5.26 Å². The van der Waals surface area contributed by atoms with Crippen LogP contribution >= 0.6 is 0 Å². The molecule has 4 heteroatoms. The van der Waals surface area contributed by atoms with E-state index in [4.69, 9.17) is 5.26 Å². The molecule has 0 aliphatic rings. The normalized spacial score (nSPS) is 14.1. The standard InChI is InChI=1S/C12H18N4/c1-4-11(5-6-13)16-10(3)12-9(2)14-7-8-15-12/h7-8,10-11,16H,4-5H2,1-3H3. The minimum Gasteiger partial charge on any atom is -0.305 e. The first-order valence-electron chi connectivity index (χ1n) is 5.59. The summed E-state index contributed by atoms with van der Waals surface area (Å²) in [6.07, 6.45) is 4.86. The van der Waals surface area contributed by atoms with Crippen LogP contribution in [0.3, 0.4) is 0 Å². The number of nitriles is 1. The van der Waals surface area contributed by atoms with E-state index >= 15 is 0 Å². The SMILES string of the molecule is CCC(CC#N)NC(C)c1nccnc1C. The lowest BCUT2D eigenvalue weighted by atomic mass is 10.1. The molecule has 0 saturated carbocycles. The fraction of sp³-hybridized carbons (Fsp3) is 0.583. The highest BCUT2D eigenvalue weighted by atomic mass is 15.0. The van der Waals surface area contributed by atoms with Crippen LogP contribution in [0, 0.1) is 18.3 Å². The Balaban J connectivity index is 2.68. The molecular weight excluding hydrogens is 200 g/mol. The van der Waals surface area contributed by atoms with Gasteiger partial charge in [-0.3, -0.25) is 9.97 Å². The molecule has 2 atom stereocenters. The first kappa shape index (κ1) is 12.6. The van der Waals surface area contributed by atoms with Crippen molar-refractivity contribution in [2.75, 3.05) is 0 Å². The van der Waals surface area contributed by atoms with Crippen LogP contribution in [0.25, 0.3) is 0 Å². The second-order valence-electron chi connectivity index (χ2n) is 3.88. The number of rotatable bonds is 5. The van der Waals surface area contributed by atoms with Gasteiger partial charge in [-0.25, -0.2) is 0 Å². The summed E-state index contributed by atoms with van der Waals surface area (Å²) in [5.74, 6) is 0. The minimum atomic E-state index is 0.131. The van der Waals surface area contributed by atoms with Gasteiger partial charge in [-0.2, -0.15) is 5.26 Å². The van der Waals surface area contributed by atoms with E-state index in [-0.39, 0.29) is 12.1 Å². The third-order valence-electron chi connectivity index (χ3n) is 2.65. The quantitative estimate of drug-likeness (QED) is 0.822. The van der Waals surface area contributed by atoms with E-state index in [0.29, 0.717) is 6.42 Å². The van der Waals surface area contributed by atoms with Crippen LogP contribution in [0.5, 0.6) is 0 Å². The van der Waals surface area contributed by atoms with Gasteiger partial charge in [0.2, 0.25) is 0 Å². The van der Waals surface area contributed by atoms with Gasteiger partial charge in [0.1, 0.15) is 0 Å². The Morgan fingerprint density at radius 1 is 1.44 bits per heavy atom. The fourth-order valence-corrected chi connectivity index (χ4v) is 1.71. The van der Waals surface area contributed by atoms with Crippen molar-refractivity contribution in [3.05, 3.63) is 23.8 Å². The van der Waals surface area contributed by atoms with E-state index in [0.717, 1.165) is 17.8 Å². The molecule has 1 rings (SSSR count). The lowest BCUT2D eigenvalue weighted by Gasteiger charge is -2.20. The Hall–Kier alpha value is -1.47. The predicted octanol–water partition coefficient (Wildman–Crippen LogP) is 2.13. The van der Waals surface area contributed by atoms with E-state index in [2.05, 4.69) is 35.2 Å². The summed E-state index contributed by atoms with van der Waals surface area (Å²) in [4.78, 5) is 8.53. The monoisotopic (exact) mass is 218 g/mol. The summed E-state index contributed by atoms with van der Waals surface area (Å²) in [7, 11) is 0. The number of hydrogen-bond donors (Lipinski definition) is 1. The van der Waals surface area contributed by atoms with Gasteiger partial charge in [0, 0.05) is 24.5 Å². The topological polar surface area (TPSA) is 61.6 Å². The van der Waals surface area contributed by atoms with Crippen molar-refractivity contribution >= 4 is 0 Å². The van der Waals surface area contributed by atoms with Gasteiger partial charge in [-0.1, -0.05) is 6.92 Å². The van der Waals surface area contributed by atoms with Gasteiger partial charge in [-0.15, -0.1) is 0 Å². The van der Waals surface area contributed by atoms with Crippen LogP contribution in [0.15, 0.2) is 12.4 Å². The van der Waals surface area contributed by atoms with Gasteiger partial charge in [0.25, 0.3) is 0 Å². The van der Waals surface area contributed by atoms with E-state index in [1.165, 1.54) is 0 Å². The second-order valence-corrected chi connectivity index (χ2v) is 3.88. The van der Waals surface area contributed by atoms with E-state index in [1.807, 2.05) is 6.92 Å². The molecule has 1 aromatic rings. The molecule has 0 aliphatic carbocycles. The molecule has 86 valence electrons. The summed E-state index contributed by atoms with van der Waals surface area (Å²) in [6.45, 7) is 6.08. The number of nitrogens with one attached hydrogen (secondary N) is 1. The maximum absolute atomic E-state index is 8.69. The molecule has 0 spiro atoms. The van der Waals surface area contributed by atoms with Crippen molar-refractivity contribution < 1.29 is 0 Å². The predicted molar refractivity (Wildman–Crippen MR) is 62.6 cm³/mol. The van der Waals surface area contributed by atoms with Crippen LogP contribution in [-0.2, 0) is 0 Å². The van der Waals surface area contributed by atoms with Crippen molar-refractivity contribution in [3.8, 4) is 6.07 Å². The Morgan fingerprint density at radius 3 is 2.69 bits per heavy atom. The molecule has 0 fully saturated rings. The molecular formula is C12H18N4. The third kappa shape index (κ3) is 3.28. The smallest absolute Gasteiger partial charge is 0.0782 e. The van der Waals surface area contributed by atoms with Crippen molar-refractivity contribution in [2.24, 2.45) is 0 Å². The number of nitrogens with zero attached hydrogens (tertiary/aromatic N) is 3. The molecule has 1 heterocycles. The average molecular weight is 218 g/mol. The van der Waals surface area contributed by atoms with E-state index < -0.39 is 0 Å². The van der Waals surface area contributed by atoms with E-state index in [9.17, 15) is 0 Å². The molecule has 1 N–H and O–H groups in total. The summed E-state index contributed by atoms with van der Waals surface area (Å²) in [6, 6.07) is 2.55. The lowest BCUT2D eigenvalue weighted by molar-refractivity contribution is 0.440. The molecule has 4 nitrogen and oxygen atoms in total. The zero-order valence-electron chi connectivity index (χ0n) is 10.1. The van der Waals surface area contributed by atoms with Gasteiger partial charge < -0.3 is 5.32 Å². The van der Waals surface area contributed by atoms with Gasteiger partial charge in [-0.05, 0) is 20.3 Å². The fourth-order valence-electron chi connectivity index (χ4n) is 1.71. The maximum atomic E-state index is 8.69. The first-order chi connectivity index (χ1) is 7.69. The molecule has 1 aromatic heterocycles. The summed E-state index contributed by atoms with van der Waals surface area (Å²) >= 11 is 0. The van der Waals surface area contributed by atoms with Crippen LogP contribution in [0.2, 0.25) is 0 Å². The highest BCUT2D eigenvalue weighted by Crippen LogP contribution is 2.13. The molecule has 0 radical (unpaired) electrons. The maximum Gasteiger partial charge on any atom is 0.0782 e. The van der Waals surface area contributed by atoms with Crippen LogP contribution < -0.4 is 5.32 Å². The number of aryl methyl sites for hydroxylation is 1. The molecule has 16 heavy (non-hydrogen) atoms. The van der Waals surface area contributed by atoms with Gasteiger partial charge >= 0.3 is 0 Å². The second kappa shape index (κ2) is 6.19. The van der Waals surface area contributed by atoms with Crippen LogP contribution in [0.1, 0.15) is 44.1 Å². The zero-order chi connectivity index (χ0) is 12.0. The lowest BCUT2D eigenvalue weighted by Crippen LogP contribution is -2.31. The van der Waals surface area contributed by atoms with Gasteiger partial charge in [0.05, 0.1) is 23.9 Å². The van der Waals surface area contributed by atoms with E-state index in [1.54, 1.807) is 12.4 Å². The molecule has 0 amide bonds. The first-order valence-corrected chi connectivity index (χ1v) is 5.59. The Bertz CT molecular complexity index is 370. The van der Waals surface area contributed by atoms with Gasteiger partial charge in [0.15, 0.2) is 0 Å². The molecule has 0 saturated heterocycles. The highest BCUT2D eigenvalue weighted by molar-refractivity contribution is 5.12. The number of aromatic nitrogens is 2. The summed E-state index contributed by atoms with van der Waals surface area (Å²) < 4.78 is 0. The average Bonchev–Trinajstić information content (AvgIpc) is 2.28. The molecule has 0 bridgehead atoms. The molecule has 0 aliphatic heterocycles. The van der Waals surface area contributed by atoms with Crippen LogP contribution in [-0.4, -0.2) is 16.0 Å². The summed E-state index contributed by atoms with van der Waals surface area (Å²) in [5, 5.41) is 12.1. The van der Waals surface area contributed by atoms with Crippen LogP contribution in [0.4, 0.5) is 0 Å². The molecule has 2 unspecified atom stereocenters. The van der Waals surface area contributed by atoms with Crippen molar-refractivity contribution in [2.45, 2.75) is 45.7 Å². The molecule has 0 aromatic carbocycles. The Labute approximate surface area is 96.7 Å². The minimum absolute atomic E-state index is 0.131. The van der Waals surface area contributed by atoms with Crippen molar-refractivity contribution in [1.82, 2.24) is 15.3 Å². The number of hydrogen-bond acceptors (Lipinski definition) is 4. The largest absolute Gasteiger partial charge is 0.305 e. The zero-order valence-corrected chi connectivity index (χ0v) is 10.1. The Kier molecular flexibility index (Phi) is 4.87. The summed E-state index contributed by atoms with van der Waals surface area (Å²) in [5.41, 5.74) is 1.90.